The summed E-state index contributed by atoms with van der Waals surface area (Å²) in [7, 11) is 0. The number of rotatable bonds is 3. The van der Waals surface area contributed by atoms with Crippen molar-refractivity contribution in [2.45, 2.75) is 19.9 Å². The third kappa shape index (κ3) is 3.22. The quantitative estimate of drug-likeness (QED) is 0.552. The molecule has 1 aliphatic heterocycles. The number of carbonyl (C=O) groups is 2. The summed E-state index contributed by atoms with van der Waals surface area (Å²) in [5, 5.41) is 3.33. The second-order valence-electron chi connectivity index (χ2n) is 7.01. The molecule has 8 nitrogen and oxygen atoms in total. The Morgan fingerprint density at radius 1 is 1.13 bits per heavy atom. The van der Waals surface area contributed by atoms with Gasteiger partial charge < -0.3 is 4.90 Å². The maximum atomic E-state index is 13.2. The zero-order valence-electron chi connectivity index (χ0n) is 16.2. The van der Waals surface area contributed by atoms with Crippen molar-refractivity contribution in [3.05, 3.63) is 76.4 Å². The molecule has 0 aliphatic carbocycles. The first-order chi connectivity index (χ1) is 14.6. The number of thiazole rings is 1. The van der Waals surface area contributed by atoms with Gasteiger partial charge in [0.15, 0.2) is 5.13 Å². The van der Waals surface area contributed by atoms with Crippen LogP contribution in [0.4, 0.5) is 5.13 Å². The lowest BCUT2D eigenvalue weighted by molar-refractivity contribution is 0.0728. The molecule has 0 radical (unpaired) electrons. The van der Waals surface area contributed by atoms with Crippen LogP contribution in [0.25, 0.3) is 5.65 Å². The van der Waals surface area contributed by atoms with E-state index < -0.39 is 0 Å². The average molecular weight is 418 g/mol. The number of nitrogens with one attached hydrogen (secondary N) is 1. The summed E-state index contributed by atoms with van der Waals surface area (Å²) in [6, 6.07) is 10.9. The van der Waals surface area contributed by atoms with Gasteiger partial charge in [-0.25, -0.2) is 9.97 Å². The van der Waals surface area contributed by atoms with E-state index in [9.17, 15) is 9.59 Å². The topological polar surface area (TPSA) is 92.5 Å². The Morgan fingerprint density at radius 3 is 2.83 bits per heavy atom. The molecule has 0 saturated carbocycles. The summed E-state index contributed by atoms with van der Waals surface area (Å²) in [4.78, 5) is 41.5. The molecule has 5 heterocycles. The van der Waals surface area contributed by atoms with E-state index >= 15 is 0 Å². The Kier molecular flexibility index (Phi) is 4.51. The van der Waals surface area contributed by atoms with Gasteiger partial charge in [-0.2, -0.15) is 0 Å². The lowest BCUT2D eigenvalue weighted by Crippen LogP contribution is -2.36. The number of aromatic nitrogens is 4. The Hall–Kier alpha value is -3.59. The van der Waals surface area contributed by atoms with Gasteiger partial charge in [-0.05, 0) is 31.2 Å². The number of amides is 2. The lowest BCUT2D eigenvalue weighted by atomic mass is 10.1. The summed E-state index contributed by atoms with van der Waals surface area (Å²) >= 11 is 1.40. The number of hydrogen-bond donors (Lipinski definition) is 1. The zero-order chi connectivity index (χ0) is 20.7. The molecule has 2 amide bonds. The first-order valence-corrected chi connectivity index (χ1v) is 10.4. The summed E-state index contributed by atoms with van der Waals surface area (Å²) < 4.78 is 1.83. The highest BCUT2D eigenvalue weighted by Crippen LogP contribution is 2.29. The van der Waals surface area contributed by atoms with Gasteiger partial charge in [-0.1, -0.05) is 23.5 Å². The number of hydrogen-bond acceptors (Lipinski definition) is 6. The SMILES string of the molecule is Cc1nc2ccccn2c1C(=O)N1CCc2nc(NC(=O)c3ccccn3)sc2C1. The second kappa shape index (κ2) is 7.34. The summed E-state index contributed by atoms with van der Waals surface area (Å²) in [5.74, 6) is -0.347. The number of imidazole rings is 1. The van der Waals surface area contributed by atoms with E-state index in [1.807, 2.05) is 40.6 Å². The van der Waals surface area contributed by atoms with Crippen LogP contribution in [0, 0.1) is 6.92 Å². The molecule has 0 bridgehead atoms. The third-order valence-electron chi connectivity index (χ3n) is 5.04. The molecule has 4 aromatic heterocycles. The minimum Gasteiger partial charge on any atom is -0.332 e. The van der Waals surface area contributed by atoms with Gasteiger partial charge in [0.2, 0.25) is 0 Å². The van der Waals surface area contributed by atoms with Crippen molar-refractivity contribution in [1.29, 1.82) is 0 Å². The van der Waals surface area contributed by atoms with E-state index in [0.717, 1.165) is 16.2 Å². The fourth-order valence-corrected chi connectivity index (χ4v) is 4.62. The van der Waals surface area contributed by atoms with Crippen LogP contribution in [0.3, 0.4) is 0 Å². The number of carbonyl (C=O) groups excluding carboxylic acids is 2. The fourth-order valence-electron chi connectivity index (χ4n) is 3.60. The maximum Gasteiger partial charge on any atom is 0.276 e. The Labute approximate surface area is 176 Å². The van der Waals surface area contributed by atoms with Gasteiger partial charge >= 0.3 is 0 Å². The highest BCUT2D eigenvalue weighted by molar-refractivity contribution is 7.15. The van der Waals surface area contributed by atoms with E-state index in [1.54, 1.807) is 24.4 Å². The number of aryl methyl sites for hydroxylation is 1. The molecular weight excluding hydrogens is 400 g/mol. The van der Waals surface area contributed by atoms with Gasteiger partial charge in [-0.3, -0.25) is 24.3 Å². The zero-order valence-corrected chi connectivity index (χ0v) is 17.0. The Balaban J connectivity index is 1.36. The molecule has 0 fully saturated rings. The van der Waals surface area contributed by atoms with E-state index in [1.165, 1.54) is 11.3 Å². The fraction of sp³-hybridized carbons (Fsp3) is 0.190. The summed E-state index contributed by atoms with van der Waals surface area (Å²) in [6.45, 7) is 2.89. The largest absolute Gasteiger partial charge is 0.332 e. The average Bonchev–Trinajstić information content (AvgIpc) is 3.32. The molecular formula is C21H18N6O2S. The standard InChI is InChI=1S/C21H18N6O2S/c1-13-18(27-10-5-3-7-17(27)23-13)20(29)26-11-8-14-16(12-26)30-21(24-14)25-19(28)15-6-2-4-9-22-15/h2-7,9-10H,8,11-12H2,1H3,(H,24,25,28). The van der Waals surface area contributed by atoms with E-state index in [0.29, 0.717) is 41.7 Å². The molecule has 1 N–H and O–H groups in total. The smallest absolute Gasteiger partial charge is 0.276 e. The normalized spacial score (nSPS) is 13.3. The van der Waals surface area contributed by atoms with Crippen LogP contribution in [0.2, 0.25) is 0 Å². The van der Waals surface area contributed by atoms with Crippen molar-refractivity contribution in [3.63, 3.8) is 0 Å². The maximum absolute atomic E-state index is 13.2. The number of anilines is 1. The molecule has 0 saturated heterocycles. The van der Waals surface area contributed by atoms with Crippen molar-refractivity contribution in [2.24, 2.45) is 0 Å². The van der Waals surface area contributed by atoms with E-state index in [4.69, 9.17) is 0 Å². The molecule has 4 aromatic rings. The predicted molar refractivity (Wildman–Crippen MR) is 113 cm³/mol. The van der Waals surface area contributed by atoms with Gasteiger partial charge in [-0.15, -0.1) is 0 Å². The number of nitrogens with zero attached hydrogens (tertiary/aromatic N) is 5. The van der Waals surface area contributed by atoms with E-state index in [-0.39, 0.29) is 11.8 Å². The van der Waals surface area contributed by atoms with Gasteiger partial charge in [0, 0.05) is 30.2 Å². The third-order valence-corrected chi connectivity index (χ3v) is 6.04. The molecule has 30 heavy (non-hydrogen) atoms. The molecule has 5 rings (SSSR count). The first-order valence-electron chi connectivity index (χ1n) is 9.54. The van der Waals surface area contributed by atoms with Crippen LogP contribution in [-0.4, -0.2) is 42.6 Å². The second-order valence-corrected chi connectivity index (χ2v) is 8.09. The minimum absolute atomic E-state index is 0.0516. The molecule has 0 spiro atoms. The first kappa shape index (κ1) is 18.4. The van der Waals surface area contributed by atoms with Crippen molar-refractivity contribution in [1.82, 2.24) is 24.3 Å². The minimum atomic E-state index is -0.295. The van der Waals surface area contributed by atoms with Crippen LogP contribution in [0.5, 0.6) is 0 Å². The Morgan fingerprint density at radius 2 is 2.00 bits per heavy atom. The van der Waals surface area contributed by atoms with Crippen LogP contribution in [0.1, 0.15) is 37.2 Å². The van der Waals surface area contributed by atoms with E-state index in [2.05, 4.69) is 20.3 Å². The lowest BCUT2D eigenvalue weighted by Gasteiger charge is -2.26. The van der Waals surface area contributed by atoms with Crippen LogP contribution >= 0.6 is 11.3 Å². The van der Waals surface area contributed by atoms with Crippen molar-refractivity contribution in [2.75, 3.05) is 11.9 Å². The number of fused-ring (bicyclic) bond motifs is 2. The molecule has 0 atom stereocenters. The highest BCUT2D eigenvalue weighted by Gasteiger charge is 2.28. The van der Waals surface area contributed by atoms with Crippen molar-refractivity contribution >= 4 is 33.9 Å². The summed E-state index contributed by atoms with van der Waals surface area (Å²) in [5.41, 5.74) is 3.32. The molecule has 1 aliphatic rings. The number of pyridine rings is 2. The molecule has 9 heteroatoms. The van der Waals surface area contributed by atoms with Crippen LogP contribution < -0.4 is 5.32 Å². The molecule has 0 unspecified atom stereocenters. The monoisotopic (exact) mass is 418 g/mol. The van der Waals surface area contributed by atoms with Crippen molar-refractivity contribution in [3.8, 4) is 0 Å². The summed E-state index contributed by atoms with van der Waals surface area (Å²) in [6.07, 6.45) is 4.08. The van der Waals surface area contributed by atoms with Crippen LogP contribution in [-0.2, 0) is 13.0 Å². The Bertz CT molecular complexity index is 1260. The van der Waals surface area contributed by atoms with Gasteiger partial charge in [0.1, 0.15) is 17.0 Å². The molecule has 0 aromatic carbocycles. The highest BCUT2D eigenvalue weighted by atomic mass is 32.1. The molecule has 150 valence electrons. The van der Waals surface area contributed by atoms with Crippen molar-refractivity contribution < 1.29 is 9.59 Å². The van der Waals surface area contributed by atoms with Crippen LogP contribution in [0.15, 0.2) is 48.8 Å². The van der Waals surface area contributed by atoms with Gasteiger partial charge in [0.05, 0.1) is 17.9 Å². The van der Waals surface area contributed by atoms with Gasteiger partial charge in [0.25, 0.3) is 11.8 Å². The predicted octanol–water partition coefficient (Wildman–Crippen LogP) is 2.95.